The van der Waals surface area contributed by atoms with Crippen molar-refractivity contribution in [3.63, 3.8) is 0 Å². The first-order valence-electron chi connectivity index (χ1n) is 5.34. The van der Waals surface area contributed by atoms with Gasteiger partial charge in [-0.2, -0.15) is 0 Å². The molecule has 1 rings (SSSR count). The highest BCUT2D eigenvalue weighted by molar-refractivity contribution is 6.67. The Hall–Kier alpha value is 0.0969. The van der Waals surface area contributed by atoms with E-state index in [1.54, 1.807) is 14.2 Å². The Morgan fingerprint density at radius 2 is 1.79 bits per heavy atom. The highest BCUT2D eigenvalue weighted by Gasteiger charge is 2.47. The Morgan fingerprint density at radius 1 is 1.21 bits per heavy atom. The molecule has 4 heteroatoms. The van der Waals surface area contributed by atoms with Crippen LogP contribution in [0.5, 0.6) is 0 Å². The molecule has 0 amide bonds. The first kappa shape index (κ1) is 12.2. The number of rotatable bonds is 6. The molecule has 0 aromatic carbocycles. The third kappa shape index (κ3) is 2.19. The molecule has 0 aromatic heterocycles. The maximum Gasteiger partial charge on any atom is 0.338 e. The van der Waals surface area contributed by atoms with E-state index >= 15 is 0 Å². The Balaban J connectivity index is 2.62. The van der Waals surface area contributed by atoms with Gasteiger partial charge in [-0.05, 0) is 12.5 Å². The van der Waals surface area contributed by atoms with Crippen LogP contribution < -0.4 is 0 Å². The minimum atomic E-state index is -1.92. The number of ether oxygens (including phenoxy) is 1. The van der Waals surface area contributed by atoms with Crippen LogP contribution in [0, 0.1) is 5.41 Å². The summed E-state index contributed by atoms with van der Waals surface area (Å²) < 4.78 is 16.6. The summed E-state index contributed by atoms with van der Waals surface area (Å²) in [7, 11) is 1.64. The summed E-state index contributed by atoms with van der Waals surface area (Å²) in [5.41, 5.74) is 0.342. The van der Waals surface area contributed by atoms with Crippen molar-refractivity contribution in [3.8, 4) is 0 Å². The molecule has 0 N–H and O–H groups in total. The third-order valence-corrected chi connectivity index (χ3v) is 7.35. The third-order valence-electron chi connectivity index (χ3n) is 3.49. The molecule has 0 bridgehead atoms. The van der Waals surface area contributed by atoms with Gasteiger partial charge in [-0.3, -0.25) is 0 Å². The average molecular weight is 218 g/mol. The Labute approximate surface area is 88.0 Å². The molecular weight excluding hydrogens is 196 g/mol. The molecule has 0 spiro atoms. The molecule has 14 heavy (non-hydrogen) atoms. The molecule has 1 saturated heterocycles. The summed E-state index contributed by atoms with van der Waals surface area (Å²) in [5.74, 6) is 0. The van der Waals surface area contributed by atoms with Gasteiger partial charge in [-0.25, -0.2) is 0 Å². The molecule has 3 nitrogen and oxygen atoms in total. The summed E-state index contributed by atoms with van der Waals surface area (Å²) in [5, 5.41) is 0. The fourth-order valence-electron chi connectivity index (χ4n) is 2.03. The van der Waals surface area contributed by atoms with Crippen LogP contribution in [0.15, 0.2) is 0 Å². The summed E-state index contributed by atoms with van der Waals surface area (Å²) in [6.45, 7) is 6.14. The van der Waals surface area contributed by atoms with Crippen LogP contribution in [0.3, 0.4) is 0 Å². The number of hydrogen-bond acceptors (Lipinski definition) is 3. The van der Waals surface area contributed by atoms with E-state index in [-0.39, 0.29) is 0 Å². The Kier molecular flexibility index (Phi) is 4.12. The molecule has 0 atom stereocenters. The van der Waals surface area contributed by atoms with E-state index in [1.807, 2.05) is 0 Å². The Bertz CT molecular complexity index is 162. The van der Waals surface area contributed by atoms with Crippen LogP contribution >= 0.6 is 0 Å². The van der Waals surface area contributed by atoms with Crippen molar-refractivity contribution in [2.24, 2.45) is 5.41 Å². The first-order chi connectivity index (χ1) is 6.66. The smallest absolute Gasteiger partial charge is 0.338 e. The van der Waals surface area contributed by atoms with Gasteiger partial charge in [0.1, 0.15) is 0 Å². The molecule has 0 unspecified atom stereocenters. The minimum Gasteiger partial charge on any atom is -0.398 e. The lowest BCUT2D eigenvalue weighted by atomic mass is 9.85. The predicted octanol–water partition coefficient (Wildman–Crippen LogP) is 2.17. The highest BCUT2D eigenvalue weighted by atomic mass is 28.4. The van der Waals surface area contributed by atoms with Gasteiger partial charge < -0.3 is 13.6 Å². The second-order valence-corrected chi connectivity index (χ2v) is 7.89. The van der Waals surface area contributed by atoms with Crippen molar-refractivity contribution in [1.82, 2.24) is 0 Å². The summed E-state index contributed by atoms with van der Waals surface area (Å²) >= 11 is 0. The second kappa shape index (κ2) is 4.75. The van der Waals surface area contributed by atoms with E-state index in [0.717, 1.165) is 31.7 Å². The quantitative estimate of drug-likeness (QED) is 0.640. The Morgan fingerprint density at radius 3 is 2.00 bits per heavy atom. The second-order valence-electron chi connectivity index (χ2n) is 4.20. The van der Waals surface area contributed by atoms with Gasteiger partial charge in [-0.15, -0.1) is 0 Å². The molecule has 1 heterocycles. The van der Waals surface area contributed by atoms with Gasteiger partial charge in [-0.1, -0.05) is 13.8 Å². The molecule has 1 fully saturated rings. The molecule has 0 radical (unpaired) electrons. The zero-order chi connectivity index (χ0) is 10.7. The molecule has 84 valence electrons. The predicted molar refractivity (Wildman–Crippen MR) is 58.6 cm³/mol. The van der Waals surface area contributed by atoms with Crippen molar-refractivity contribution in [2.45, 2.75) is 32.4 Å². The normalized spacial score (nSPS) is 20.6. The van der Waals surface area contributed by atoms with Gasteiger partial charge in [0.2, 0.25) is 0 Å². The zero-order valence-corrected chi connectivity index (χ0v) is 10.8. The van der Waals surface area contributed by atoms with Crippen molar-refractivity contribution in [3.05, 3.63) is 0 Å². The van der Waals surface area contributed by atoms with Crippen molar-refractivity contribution < 1.29 is 13.6 Å². The van der Waals surface area contributed by atoms with Crippen LogP contribution in [0.2, 0.25) is 12.1 Å². The molecule has 0 aromatic rings. The van der Waals surface area contributed by atoms with Crippen LogP contribution in [0.1, 0.15) is 20.3 Å². The summed E-state index contributed by atoms with van der Waals surface area (Å²) in [4.78, 5) is 0. The lowest BCUT2D eigenvalue weighted by Crippen LogP contribution is -2.52. The molecule has 1 aliphatic rings. The minimum absolute atomic E-state index is 0.342. The molecular formula is C10H22O3Si. The van der Waals surface area contributed by atoms with Gasteiger partial charge >= 0.3 is 8.56 Å². The lowest BCUT2D eigenvalue weighted by Gasteiger charge is -2.45. The van der Waals surface area contributed by atoms with Gasteiger partial charge in [0.15, 0.2) is 0 Å². The van der Waals surface area contributed by atoms with Crippen molar-refractivity contribution >= 4 is 8.56 Å². The molecule has 0 aliphatic carbocycles. The SMILES string of the molecule is CCC1(C[Si](CC)(OC)OC)COC1. The topological polar surface area (TPSA) is 27.7 Å². The number of hydrogen-bond donors (Lipinski definition) is 0. The summed E-state index contributed by atoms with van der Waals surface area (Å²) in [6, 6.07) is 2.09. The van der Waals surface area contributed by atoms with E-state index in [9.17, 15) is 0 Å². The maximum atomic E-state index is 5.63. The van der Waals surface area contributed by atoms with E-state index in [0.29, 0.717) is 5.41 Å². The van der Waals surface area contributed by atoms with E-state index < -0.39 is 8.56 Å². The van der Waals surface area contributed by atoms with E-state index in [4.69, 9.17) is 13.6 Å². The molecule has 1 aliphatic heterocycles. The molecule has 0 saturated carbocycles. The first-order valence-corrected chi connectivity index (χ1v) is 7.57. The van der Waals surface area contributed by atoms with Crippen LogP contribution in [-0.4, -0.2) is 36.0 Å². The maximum absolute atomic E-state index is 5.63. The van der Waals surface area contributed by atoms with Crippen molar-refractivity contribution in [1.29, 1.82) is 0 Å². The van der Waals surface area contributed by atoms with Gasteiger partial charge in [0.25, 0.3) is 0 Å². The highest BCUT2D eigenvalue weighted by Crippen LogP contribution is 2.40. The zero-order valence-electron chi connectivity index (χ0n) is 9.76. The van der Waals surface area contributed by atoms with Gasteiger partial charge in [0, 0.05) is 25.7 Å². The lowest BCUT2D eigenvalue weighted by molar-refractivity contribution is -0.107. The van der Waals surface area contributed by atoms with E-state index in [1.165, 1.54) is 0 Å². The van der Waals surface area contributed by atoms with Crippen molar-refractivity contribution in [2.75, 3.05) is 27.4 Å². The fraction of sp³-hybridized carbons (Fsp3) is 1.00. The van der Waals surface area contributed by atoms with Crippen LogP contribution in [0.25, 0.3) is 0 Å². The van der Waals surface area contributed by atoms with Crippen LogP contribution in [0.4, 0.5) is 0 Å². The van der Waals surface area contributed by atoms with E-state index in [2.05, 4.69) is 13.8 Å². The average Bonchev–Trinajstić information content (AvgIpc) is 2.19. The monoisotopic (exact) mass is 218 g/mol. The largest absolute Gasteiger partial charge is 0.398 e. The standard InChI is InChI=1S/C10H22O3Si/c1-5-10(7-13-8-10)9-14(6-2,11-3)12-4/h5-9H2,1-4H3. The summed E-state index contributed by atoms with van der Waals surface area (Å²) in [6.07, 6.45) is 1.16. The van der Waals surface area contributed by atoms with Crippen LogP contribution in [-0.2, 0) is 13.6 Å². The fourth-order valence-corrected chi connectivity index (χ4v) is 4.91. The van der Waals surface area contributed by atoms with Gasteiger partial charge in [0.05, 0.1) is 13.2 Å².